The van der Waals surface area contributed by atoms with E-state index in [0.29, 0.717) is 0 Å². The van der Waals surface area contributed by atoms with Gasteiger partial charge in [0.1, 0.15) is 5.69 Å². The summed E-state index contributed by atoms with van der Waals surface area (Å²) in [6, 6.07) is 17.7. The molecule has 0 aliphatic rings. The van der Waals surface area contributed by atoms with Gasteiger partial charge in [-0.05, 0) is 37.1 Å². The highest BCUT2D eigenvalue weighted by Gasteiger charge is 2.01. The van der Waals surface area contributed by atoms with E-state index in [1.165, 1.54) is 0 Å². The van der Waals surface area contributed by atoms with Crippen LogP contribution >= 0.6 is 0 Å². The Morgan fingerprint density at radius 2 is 1.37 bits per heavy atom. The lowest BCUT2D eigenvalue weighted by molar-refractivity contribution is 1.16. The topological polar surface area (TPSA) is 25.8 Å². The lowest BCUT2D eigenvalue weighted by atomic mass is 10.2. The summed E-state index contributed by atoms with van der Waals surface area (Å²) in [5, 5.41) is 0. The van der Waals surface area contributed by atoms with Crippen LogP contribution in [-0.4, -0.2) is 9.97 Å². The van der Waals surface area contributed by atoms with Crippen molar-refractivity contribution in [3.05, 3.63) is 71.5 Å². The number of para-hydroxylation sites is 2. The molecule has 0 aliphatic carbocycles. The fourth-order valence-corrected chi connectivity index (χ4v) is 1.86. The first kappa shape index (κ1) is 11.4. The molecule has 0 saturated heterocycles. The summed E-state index contributed by atoms with van der Waals surface area (Å²) in [5.74, 6) is 6.21. The van der Waals surface area contributed by atoms with Crippen molar-refractivity contribution in [1.29, 1.82) is 0 Å². The summed E-state index contributed by atoms with van der Waals surface area (Å²) in [6.45, 7) is 1.94. The van der Waals surface area contributed by atoms with Gasteiger partial charge in [0.25, 0.3) is 0 Å². The van der Waals surface area contributed by atoms with Gasteiger partial charge in [-0.1, -0.05) is 36.3 Å². The van der Waals surface area contributed by atoms with E-state index in [2.05, 4.69) is 21.8 Å². The number of fused-ring (bicyclic) bond motifs is 1. The van der Waals surface area contributed by atoms with Crippen molar-refractivity contribution in [1.82, 2.24) is 9.97 Å². The zero-order chi connectivity index (χ0) is 13.1. The first-order chi connectivity index (χ1) is 9.33. The molecule has 0 fully saturated rings. The third-order valence-electron chi connectivity index (χ3n) is 2.84. The van der Waals surface area contributed by atoms with Crippen molar-refractivity contribution in [3.63, 3.8) is 0 Å². The molecule has 3 rings (SSSR count). The Bertz CT molecular complexity index is 780. The molecule has 0 spiro atoms. The molecule has 0 amide bonds. The highest BCUT2D eigenvalue weighted by atomic mass is 14.8. The lowest BCUT2D eigenvalue weighted by Gasteiger charge is -2.00. The van der Waals surface area contributed by atoms with E-state index >= 15 is 0 Å². The van der Waals surface area contributed by atoms with Gasteiger partial charge in [0.15, 0.2) is 0 Å². The molecular formula is C17H12N2. The second kappa shape index (κ2) is 4.91. The highest BCUT2D eigenvalue weighted by Crippen LogP contribution is 2.11. The van der Waals surface area contributed by atoms with Gasteiger partial charge in [-0.25, -0.2) is 9.97 Å². The Labute approximate surface area is 112 Å². The van der Waals surface area contributed by atoms with E-state index in [0.717, 1.165) is 28.0 Å². The van der Waals surface area contributed by atoms with Crippen LogP contribution in [0.2, 0.25) is 0 Å². The molecule has 0 N–H and O–H groups in total. The van der Waals surface area contributed by atoms with Gasteiger partial charge >= 0.3 is 0 Å². The quantitative estimate of drug-likeness (QED) is 0.567. The summed E-state index contributed by atoms with van der Waals surface area (Å²) in [7, 11) is 0. The number of aryl methyl sites for hydroxylation is 1. The average Bonchev–Trinajstić information content (AvgIpc) is 2.46. The molecule has 0 aliphatic heterocycles. The third-order valence-corrected chi connectivity index (χ3v) is 2.84. The smallest absolute Gasteiger partial charge is 0.135 e. The number of hydrogen-bond donors (Lipinski definition) is 0. The van der Waals surface area contributed by atoms with E-state index in [9.17, 15) is 0 Å². The second-order valence-electron chi connectivity index (χ2n) is 4.26. The first-order valence-corrected chi connectivity index (χ1v) is 6.13. The van der Waals surface area contributed by atoms with Gasteiger partial charge in [-0.3, -0.25) is 0 Å². The minimum atomic E-state index is 0.738. The van der Waals surface area contributed by atoms with Crippen molar-refractivity contribution in [2.45, 2.75) is 6.92 Å². The molecule has 1 heterocycles. The molecule has 90 valence electrons. The predicted molar refractivity (Wildman–Crippen MR) is 76.7 cm³/mol. The van der Waals surface area contributed by atoms with E-state index in [1.807, 2.05) is 61.5 Å². The zero-order valence-corrected chi connectivity index (χ0v) is 10.6. The van der Waals surface area contributed by atoms with Crippen LogP contribution in [0.1, 0.15) is 17.0 Å². The van der Waals surface area contributed by atoms with Crippen LogP contribution in [-0.2, 0) is 0 Å². The summed E-state index contributed by atoms with van der Waals surface area (Å²) in [4.78, 5) is 9.08. The minimum absolute atomic E-state index is 0.738. The maximum atomic E-state index is 4.55. The van der Waals surface area contributed by atoms with Crippen LogP contribution in [0.5, 0.6) is 0 Å². The van der Waals surface area contributed by atoms with E-state index in [4.69, 9.17) is 0 Å². The fraction of sp³-hybridized carbons (Fsp3) is 0.0588. The SMILES string of the molecule is Cc1nc2ccccc2nc1C#Cc1ccccc1. The Morgan fingerprint density at radius 3 is 2.11 bits per heavy atom. The van der Waals surface area contributed by atoms with Crippen LogP contribution in [0.25, 0.3) is 11.0 Å². The summed E-state index contributed by atoms with van der Waals surface area (Å²) >= 11 is 0. The predicted octanol–water partition coefficient (Wildman–Crippen LogP) is 3.34. The van der Waals surface area contributed by atoms with Gasteiger partial charge in [0.2, 0.25) is 0 Å². The Kier molecular flexibility index (Phi) is 2.96. The van der Waals surface area contributed by atoms with Crippen molar-refractivity contribution < 1.29 is 0 Å². The molecule has 2 aromatic carbocycles. The molecule has 1 aromatic heterocycles. The molecule has 3 aromatic rings. The number of benzene rings is 2. The van der Waals surface area contributed by atoms with Crippen LogP contribution in [0.15, 0.2) is 54.6 Å². The normalized spacial score (nSPS) is 9.95. The maximum absolute atomic E-state index is 4.55. The van der Waals surface area contributed by atoms with Crippen LogP contribution < -0.4 is 0 Å². The van der Waals surface area contributed by atoms with Gasteiger partial charge in [0.05, 0.1) is 16.7 Å². The van der Waals surface area contributed by atoms with E-state index in [-0.39, 0.29) is 0 Å². The molecule has 0 atom stereocenters. The van der Waals surface area contributed by atoms with Crippen LogP contribution in [0.3, 0.4) is 0 Å². The van der Waals surface area contributed by atoms with Crippen molar-refractivity contribution in [2.24, 2.45) is 0 Å². The number of aromatic nitrogens is 2. The average molecular weight is 244 g/mol. The van der Waals surface area contributed by atoms with Gasteiger partial charge in [0, 0.05) is 5.56 Å². The maximum Gasteiger partial charge on any atom is 0.135 e. The van der Waals surface area contributed by atoms with Crippen molar-refractivity contribution in [3.8, 4) is 11.8 Å². The van der Waals surface area contributed by atoms with Crippen LogP contribution in [0, 0.1) is 18.8 Å². The number of hydrogen-bond acceptors (Lipinski definition) is 2. The second-order valence-corrected chi connectivity index (χ2v) is 4.26. The summed E-state index contributed by atoms with van der Waals surface area (Å²) in [5.41, 5.74) is 4.37. The van der Waals surface area contributed by atoms with Crippen LogP contribution in [0.4, 0.5) is 0 Å². The van der Waals surface area contributed by atoms with Gasteiger partial charge in [-0.15, -0.1) is 0 Å². The summed E-state index contributed by atoms with van der Waals surface area (Å²) < 4.78 is 0. The third kappa shape index (κ3) is 2.46. The Hall–Kier alpha value is -2.66. The lowest BCUT2D eigenvalue weighted by Crippen LogP contribution is -1.94. The monoisotopic (exact) mass is 244 g/mol. The molecule has 0 saturated carbocycles. The van der Waals surface area contributed by atoms with Gasteiger partial charge < -0.3 is 0 Å². The standard InChI is InChI=1S/C17H12N2/c1-13-15(12-11-14-7-3-2-4-8-14)19-17-10-6-5-9-16(17)18-13/h2-10H,1H3. The number of nitrogens with zero attached hydrogens (tertiary/aromatic N) is 2. The largest absolute Gasteiger partial charge is 0.249 e. The Morgan fingerprint density at radius 1 is 0.737 bits per heavy atom. The molecule has 19 heavy (non-hydrogen) atoms. The molecular weight excluding hydrogens is 232 g/mol. The molecule has 2 heteroatoms. The minimum Gasteiger partial charge on any atom is -0.249 e. The number of rotatable bonds is 0. The Balaban J connectivity index is 2.06. The first-order valence-electron chi connectivity index (χ1n) is 6.13. The van der Waals surface area contributed by atoms with Crippen molar-refractivity contribution in [2.75, 3.05) is 0 Å². The zero-order valence-electron chi connectivity index (χ0n) is 10.6. The fourth-order valence-electron chi connectivity index (χ4n) is 1.86. The van der Waals surface area contributed by atoms with E-state index in [1.54, 1.807) is 0 Å². The molecule has 2 nitrogen and oxygen atoms in total. The molecule has 0 bridgehead atoms. The van der Waals surface area contributed by atoms with Crippen molar-refractivity contribution >= 4 is 11.0 Å². The molecule has 0 radical (unpaired) electrons. The van der Waals surface area contributed by atoms with Gasteiger partial charge in [-0.2, -0.15) is 0 Å². The van der Waals surface area contributed by atoms with E-state index < -0.39 is 0 Å². The highest BCUT2D eigenvalue weighted by molar-refractivity contribution is 5.74. The summed E-state index contributed by atoms with van der Waals surface area (Å²) in [6.07, 6.45) is 0. The molecule has 0 unspecified atom stereocenters.